The molecule has 0 aliphatic carbocycles. The maximum absolute atomic E-state index is 11.5. The number of rotatable bonds is 3. The van der Waals surface area contributed by atoms with Crippen LogP contribution in [0.5, 0.6) is 0 Å². The van der Waals surface area contributed by atoms with Gasteiger partial charge in [-0.1, -0.05) is 17.7 Å². The van der Waals surface area contributed by atoms with Crippen molar-refractivity contribution in [2.75, 3.05) is 0 Å². The van der Waals surface area contributed by atoms with Crippen LogP contribution in [0, 0.1) is 6.92 Å². The first-order chi connectivity index (χ1) is 7.00. The normalized spacial score (nSPS) is 14.3. The van der Waals surface area contributed by atoms with Crippen molar-refractivity contribution in [3.8, 4) is 0 Å². The molecule has 0 saturated carbocycles. The third-order valence-corrected chi connectivity index (χ3v) is 2.60. The van der Waals surface area contributed by atoms with E-state index in [1.54, 1.807) is 18.2 Å². The Bertz CT molecular complexity index is 392. The molecular weight excluding hydrogens is 214 g/mol. The predicted molar refractivity (Wildman–Crippen MR) is 57.0 cm³/mol. The molecule has 1 aromatic carbocycles. The van der Waals surface area contributed by atoms with E-state index in [0.717, 1.165) is 5.56 Å². The van der Waals surface area contributed by atoms with Gasteiger partial charge < -0.3 is 9.87 Å². The van der Waals surface area contributed by atoms with Crippen molar-refractivity contribution in [3.05, 3.63) is 35.4 Å². The summed E-state index contributed by atoms with van der Waals surface area (Å²) in [5, 5.41) is 1.49. The summed E-state index contributed by atoms with van der Waals surface area (Å²) in [7, 11) is 0. The number of hydrogen-bond donors (Lipinski definition) is 1. The van der Waals surface area contributed by atoms with Gasteiger partial charge in [0.15, 0.2) is 0 Å². The lowest BCUT2D eigenvalue weighted by Crippen LogP contribution is -2.35. The monoisotopic (exact) mass is 226 g/mol. The number of benzene rings is 1. The standard InChI is InChI=1S/C10H13NO3S/c1-7-4-3-5-9(6-7)10(12)11-8(2)15(13)14/h3-6,8H,1-2H3,(H,11,12)(H,13,14)/p-1. The Morgan fingerprint density at radius 2 is 2.20 bits per heavy atom. The molecule has 4 nitrogen and oxygen atoms in total. The molecule has 15 heavy (non-hydrogen) atoms. The van der Waals surface area contributed by atoms with Crippen LogP contribution in [0.15, 0.2) is 24.3 Å². The summed E-state index contributed by atoms with van der Waals surface area (Å²) in [6.45, 7) is 3.28. The smallest absolute Gasteiger partial charge is 0.252 e. The third-order valence-electron chi connectivity index (χ3n) is 1.90. The molecular formula is C10H12NO3S-. The molecule has 5 heteroatoms. The van der Waals surface area contributed by atoms with Gasteiger partial charge in [0.25, 0.3) is 5.91 Å². The Balaban J connectivity index is 2.73. The summed E-state index contributed by atoms with van der Waals surface area (Å²) in [5.74, 6) is -0.379. The van der Waals surface area contributed by atoms with Crippen LogP contribution in [0.1, 0.15) is 22.8 Å². The largest absolute Gasteiger partial charge is 0.771 e. The fourth-order valence-electron chi connectivity index (χ4n) is 1.10. The van der Waals surface area contributed by atoms with Crippen LogP contribution >= 0.6 is 0 Å². The molecule has 0 aromatic heterocycles. The first kappa shape index (κ1) is 11.9. The molecule has 0 aliphatic heterocycles. The van der Waals surface area contributed by atoms with Crippen LogP contribution in [0.2, 0.25) is 0 Å². The van der Waals surface area contributed by atoms with Crippen molar-refractivity contribution in [2.45, 2.75) is 19.2 Å². The summed E-state index contributed by atoms with van der Waals surface area (Å²) < 4.78 is 21.0. The van der Waals surface area contributed by atoms with Crippen molar-refractivity contribution in [1.82, 2.24) is 5.32 Å². The zero-order chi connectivity index (χ0) is 11.4. The number of nitrogens with one attached hydrogen (secondary N) is 1. The molecule has 1 N–H and O–H groups in total. The van der Waals surface area contributed by atoms with Crippen LogP contribution in [-0.2, 0) is 11.1 Å². The highest BCUT2D eigenvalue weighted by Crippen LogP contribution is 2.04. The van der Waals surface area contributed by atoms with Gasteiger partial charge in [0.05, 0.1) is 5.37 Å². The zero-order valence-electron chi connectivity index (χ0n) is 8.52. The van der Waals surface area contributed by atoms with Gasteiger partial charge in [-0.3, -0.25) is 9.00 Å². The van der Waals surface area contributed by atoms with Gasteiger partial charge in [-0.2, -0.15) is 0 Å². The van der Waals surface area contributed by atoms with E-state index >= 15 is 0 Å². The van der Waals surface area contributed by atoms with Crippen LogP contribution in [0.4, 0.5) is 0 Å². The maximum atomic E-state index is 11.5. The fraction of sp³-hybridized carbons (Fsp3) is 0.300. The molecule has 1 aromatic rings. The molecule has 1 rings (SSSR count). The van der Waals surface area contributed by atoms with Crippen LogP contribution < -0.4 is 5.32 Å². The van der Waals surface area contributed by atoms with E-state index in [2.05, 4.69) is 5.32 Å². The summed E-state index contributed by atoms with van der Waals surface area (Å²) in [4.78, 5) is 11.5. The number of carbonyl (C=O) groups excluding carboxylic acids is 1. The van der Waals surface area contributed by atoms with Crippen molar-refractivity contribution in [3.63, 3.8) is 0 Å². The van der Waals surface area contributed by atoms with Gasteiger partial charge in [-0.05, 0) is 37.1 Å². The molecule has 0 heterocycles. The Morgan fingerprint density at radius 1 is 1.53 bits per heavy atom. The maximum Gasteiger partial charge on any atom is 0.252 e. The third kappa shape index (κ3) is 3.45. The van der Waals surface area contributed by atoms with E-state index in [1.165, 1.54) is 6.92 Å². The quantitative estimate of drug-likeness (QED) is 0.780. The van der Waals surface area contributed by atoms with E-state index in [1.807, 2.05) is 13.0 Å². The average molecular weight is 226 g/mol. The van der Waals surface area contributed by atoms with Crippen molar-refractivity contribution >= 4 is 17.0 Å². The van der Waals surface area contributed by atoms with Crippen LogP contribution in [-0.4, -0.2) is 20.0 Å². The zero-order valence-corrected chi connectivity index (χ0v) is 9.34. The van der Waals surface area contributed by atoms with E-state index < -0.39 is 16.5 Å². The lowest BCUT2D eigenvalue weighted by atomic mass is 10.1. The molecule has 0 spiro atoms. The summed E-state index contributed by atoms with van der Waals surface area (Å²) >= 11 is -2.29. The molecule has 0 saturated heterocycles. The second kappa shape index (κ2) is 5.04. The first-order valence-electron chi connectivity index (χ1n) is 4.46. The number of amides is 1. The highest BCUT2D eigenvalue weighted by molar-refractivity contribution is 7.79. The van der Waals surface area contributed by atoms with Crippen molar-refractivity contribution in [1.29, 1.82) is 0 Å². The summed E-state index contributed by atoms with van der Waals surface area (Å²) in [6.07, 6.45) is 0. The lowest BCUT2D eigenvalue weighted by molar-refractivity contribution is 0.0950. The van der Waals surface area contributed by atoms with Crippen molar-refractivity contribution < 1.29 is 13.6 Å². The molecule has 0 radical (unpaired) electrons. The lowest BCUT2D eigenvalue weighted by Gasteiger charge is -2.16. The summed E-state index contributed by atoms with van der Waals surface area (Å²) in [5.41, 5.74) is 1.42. The van der Waals surface area contributed by atoms with Crippen LogP contribution in [0.25, 0.3) is 0 Å². The number of hydrogen-bond acceptors (Lipinski definition) is 3. The summed E-state index contributed by atoms with van der Waals surface area (Å²) in [6, 6.07) is 6.97. The Morgan fingerprint density at radius 3 is 2.73 bits per heavy atom. The molecule has 1 amide bonds. The van der Waals surface area contributed by atoms with Crippen molar-refractivity contribution in [2.24, 2.45) is 0 Å². The molecule has 0 bridgehead atoms. The highest BCUT2D eigenvalue weighted by Gasteiger charge is 2.09. The van der Waals surface area contributed by atoms with E-state index in [9.17, 15) is 13.6 Å². The topological polar surface area (TPSA) is 69.2 Å². The molecule has 0 fully saturated rings. The minimum atomic E-state index is -2.29. The molecule has 0 aliphatic rings. The van der Waals surface area contributed by atoms with E-state index in [-0.39, 0.29) is 5.91 Å². The van der Waals surface area contributed by atoms with Gasteiger partial charge in [0.2, 0.25) is 0 Å². The van der Waals surface area contributed by atoms with Gasteiger partial charge in [-0.25, -0.2) is 0 Å². The molecule has 2 atom stereocenters. The molecule has 82 valence electrons. The van der Waals surface area contributed by atoms with E-state index in [0.29, 0.717) is 5.56 Å². The Labute approximate surface area is 91.0 Å². The van der Waals surface area contributed by atoms with Gasteiger partial charge in [-0.15, -0.1) is 0 Å². The fourth-order valence-corrected chi connectivity index (χ4v) is 1.31. The van der Waals surface area contributed by atoms with E-state index in [4.69, 9.17) is 0 Å². The van der Waals surface area contributed by atoms with Gasteiger partial charge >= 0.3 is 0 Å². The van der Waals surface area contributed by atoms with Gasteiger partial charge in [0.1, 0.15) is 0 Å². The SMILES string of the molecule is Cc1cccc(C(=O)NC(C)S(=O)[O-])c1. The second-order valence-corrected chi connectivity index (χ2v) is 4.47. The second-order valence-electron chi connectivity index (χ2n) is 3.25. The average Bonchev–Trinajstić information content (AvgIpc) is 2.17. The highest BCUT2D eigenvalue weighted by atomic mass is 32.2. The Kier molecular flexibility index (Phi) is 3.99. The minimum Gasteiger partial charge on any atom is -0.771 e. The number of aryl methyl sites for hydroxylation is 1. The first-order valence-corrected chi connectivity index (χ1v) is 5.60. The van der Waals surface area contributed by atoms with Gasteiger partial charge in [0, 0.05) is 5.56 Å². The minimum absolute atomic E-state index is 0.379. The number of carbonyl (C=O) groups is 1. The Hall–Kier alpha value is -1.20. The molecule has 2 unspecified atom stereocenters. The van der Waals surface area contributed by atoms with Crippen LogP contribution in [0.3, 0.4) is 0 Å². The predicted octanol–water partition coefficient (Wildman–Crippen LogP) is 0.950.